The van der Waals surface area contributed by atoms with Crippen LogP contribution in [0.5, 0.6) is 6.01 Å². The van der Waals surface area contributed by atoms with Gasteiger partial charge in [-0.2, -0.15) is 9.97 Å². The molecular weight excluding hydrogens is 500 g/mol. The van der Waals surface area contributed by atoms with Gasteiger partial charge in [-0.05, 0) is 82.1 Å². The van der Waals surface area contributed by atoms with E-state index in [1.165, 1.54) is 66.4 Å². The fourth-order valence-electron chi connectivity index (χ4n) is 6.93. The van der Waals surface area contributed by atoms with Crippen LogP contribution in [0.25, 0.3) is 10.8 Å². The molecule has 0 aliphatic carbocycles. The summed E-state index contributed by atoms with van der Waals surface area (Å²) in [4.78, 5) is 16.9. The van der Waals surface area contributed by atoms with Crippen molar-refractivity contribution in [2.45, 2.75) is 63.6 Å². The van der Waals surface area contributed by atoms with E-state index < -0.39 is 0 Å². The van der Waals surface area contributed by atoms with Gasteiger partial charge in [-0.1, -0.05) is 30.3 Å². The Balaban J connectivity index is 0.000000429. The Bertz CT molecular complexity index is 1290. The van der Waals surface area contributed by atoms with Crippen LogP contribution in [0.4, 0.5) is 11.5 Å². The highest BCUT2D eigenvalue weighted by atomic mass is 16.5. The second-order valence-corrected chi connectivity index (χ2v) is 11.8. The molecule has 5 heterocycles. The molecule has 2 bridgehead atoms. The van der Waals surface area contributed by atoms with E-state index in [1.807, 2.05) is 0 Å². The maximum absolute atomic E-state index is 9.40. The Labute approximate surface area is 238 Å². The van der Waals surface area contributed by atoms with Crippen molar-refractivity contribution in [3.05, 3.63) is 53.2 Å². The molecule has 4 aliphatic rings. The van der Waals surface area contributed by atoms with Crippen molar-refractivity contribution < 1.29 is 9.84 Å². The van der Waals surface area contributed by atoms with Crippen LogP contribution in [0.1, 0.15) is 48.9 Å². The van der Waals surface area contributed by atoms with Crippen molar-refractivity contribution in [1.82, 2.24) is 20.2 Å². The zero-order chi connectivity index (χ0) is 27.5. The molecule has 3 saturated heterocycles. The third kappa shape index (κ3) is 5.76. The quantitative estimate of drug-likeness (QED) is 0.486. The number of benzene rings is 2. The Morgan fingerprint density at radius 3 is 2.40 bits per heavy atom. The van der Waals surface area contributed by atoms with Gasteiger partial charge in [0.15, 0.2) is 0 Å². The second kappa shape index (κ2) is 12.3. The number of rotatable bonds is 6. The normalized spacial score (nSPS) is 22.3. The highest BCUT2D eigenvalue weighted by Crippen LogP contribution is 2.36. The number of aliphatic hydroxyl groups is 1. The van der Waals surface area contributed by atoms with E-state index in [-0.39, 0.29) is 6.61 Å². The summed E-state index contributed by atoms with van der Waals surface area (Å²) in [5.74, 6) is 1.07. The van der Waals surface area contributed by atoms with E-state index in [0.717, 1.165) is 57.0 Å². The summed E-state index contributed by atoms with van der Waals surface area (Å²) in [6.45, 7) is 6.54. The molecule has 3 fully saturated rings. The van der Waals surface area contributed by atoms with Gasteiger partial charge in [-0.3, -0.25) is 0 Å². The molecule has 7 rings (SSSR count). The molecule has 2 aromatic carbocycles. The number of piperazine rings is 1. The second-order valence-electron chi connectivity index (χ2n) is 11.8. The van der Waals surface area contributed by atoms with E-state index in [9.17, 15) is 5.11 Å². The molecule has 0 spiro atoms. The van der Waals surface area contributed by atoms with Crippen molar-refractivity contribution in [2.24, 2.45) is 0 Å². The summed E-state index contributed by atoms with van der Waals surface area (Å²) in [5.41, 5.74) is 4.89. The van der Waals surface area contributed by atoms with Gasteiger partial charge in [0.25, 0.3) is 0 Å². The molecule has 214 valence electrons. The predicted octanol–water partition coefficient (Wildman–Crippen LogP) is 3.78. The van der Waals surface area contributed by atoms with Crippen molar-refractivity contribution in [2.75, 3.05) is 63.3 Å². The molecule has 40 heavy (non-hydrogen) atoms. The molecule has 2 unspecified atom stereocenters. The third-order valence-electron chi connectivity index (χ3n) is 8.96. The lowest BCUT2D eigenvalue weighted by Crippen LogP contribution is -2.52. The van der Waals surface area contributed by atoms with Crippen molar-refractivity contribution in [3.63, 3.8) is 0 Å². The van der Waals surface area contributed by atoms with Crippen LogP contribution in [0.15, 0.2) is 36.4 Å². The zero-order valence-electron chi connectivity index (χ0n) is 24.1. The Morgan fingerprint density at radius 1 is 0.975 bits per heavy atom. The van der Waals surface area contributed by atoms with Gasteiger partial charge < -0.3 is 29.9 Å². The average Bonchev–Trinajstić information content (AvgIpc) is 3.61. The number of ether oxygens (including phenoxy) is 1. The average molecular weight is 545 g/mol. The number of hydrogen-bond acceptors (Lipinski definition) is 8. The molecule has 3 aromatic rings. The number of nitrogens with one attached hydrogen (secondary N) is 1. The Morgan fingerprint density at radius 2 is 1.73 bits per heavy atom. The van der Waals surface area contributed by atoms with Gasteiger partial charge in [0.05, 0.1) is 19.3 Å². The van der Waals surface area contributed by atoms with Gasteiger partial charge in [-0.25, -0.2) is 0 Å². The maximum atomic E-state index is 9.40. The number of anilines is 2. The van der Waals surface area contributed by atoms with Crippen molar-refractivity contribution >= 4 is 22.3 Å². The third-order valence-corrected chi connectivity index (χ3v) is 8.96. The minimum absolute atomic E-state index is 0.211. The summed E-state index contributed by atoms with van der Waals surface area (Å²) in [6.07, 6.45) is 7.89. The summed E-state index contributed by atoms with van der Waals surface area (Å²) >= 11 is 0. The monoisotopic (exact) mass is 544 g/mol. The first-order chi connectivity index (χ1) is 19.6. The lowest BCUT2D eigenvalue weighted by Gasteiger charge is -2.37. The molecule has 0 saturated carbocycles. The molecule has 0 amide bonds. The number of likely N-dealkylation sites (tertiary alicyclic amines) is 1. The highest BCUT2D eigenvalue weighted by molar-refractivity contribution is 5.97. The minimum Gasteiger partial charge on any atom is -0.467 e. The van der Waals surface area contributed by atoms with Crippen LogP contribution in [-0.4, -0.2) is 85.5 Å². The molecule has 8 heteroatoms. The van der Waals surface area contributed by atoms with Crippen LogP contribution in [0, 0.1) is 0 Å². The van der Waals surface area contributed by atoms with Gasteiger partial charge >= 0.3 is 6.01 Å². The van der Waals surface area contributed by atoms with Crippen LogP contribution in [-0.2, 0) is 19.4 Å². The van der Waals surface area contributed by atoms with Crippen molar-refractivity contribution in [3.8, 4) is 6.01 Å². The zero-order valence-corrected chi connectivity index (χ0v) is 24.1. The Hall–Kier alpha value is -2.94. The van der Waals surface area contributed by atoms with E-state index in [2.05, 4.69) is 63.5 Å². The molecule has 2 atom stereocenters. The molecule has 4 aliphatic heterocycles. The maximum Gasteiger partial charge on any atom is 0.318 e. The van der Waals surface area contributed by atoms with Gasteiger partial charge in [-0.15, -0.1) is 0 Å². The number of aliphatic hydroxyl groups excluding tert-OH is 1. The van der Waals surface area contributed by atoms with Crippen LogP contribution >= 0.6 is 0 Å². The molecular formula is C32H44N6O2. The van der Waals surface area contributed by atoms with Gasteiger partial charge in [0, 0.05) is 55.0 Å². The van der Waals surface area contributed by atoms with E-state index in [0.29, 0.717) is 18.1 Å². The van der Waals surface area contributed by atoms with Crippen LogP contribution in [0.2, 0.25) is 0 Å². The smallest absolute Gasteiger partial charge is 0.318 e. The number of methoxy groups -OCH3 is 1. The standard InChI is InChI=1S/C27H33N5O2.C5H11N/c1-34-27-29-23-17-31(24-9-3-7-18-5-2-6-19(25(18)24)8-4-14-33)13-12-22(23)26(30-27)32-15-20-10-11-21(16-32)28-20;1-6-4-2-3-5-6/h2-3,5-7,9,20-21,28,33H,4,8,10-17H2,1H3;2-5H2,1H3. The van der Waals surface area contributed by atoms with Gasteiger partial charge in [0.1, 0.15) is 5.82 Å². The first kappa shape index (κ1) is 27.2. The number of hydrogen-bond donors (Lipinski definition) is 2. The molecule has 0 radical (unpaired) electrons. The minimum atomic E-state index is 0.211. The highest BCUT2D eigenvalue weighted by Gasteiger charge is 2.35. The number of aromatic nitrogens is 2. The van der Waals surface area contributed by atoms with Crippen molar-refractivity contribution in [1.29, 1.82) is 0 Å². The summed E-state index contributed by atoms with van der Waals surface area (Å²) < 4.78 is 5.55. The SMILES string of the molecule is CN1CCCC1.COc1nc2c(c(N3CC4CCC(C3)N4)n1)CCN(c1cccc3cccc(CCCO)c13)C2. The fraction of sp³-hybridized carbons (Fsp3) is 0.562. The fourth-order valence-corrected chi connectivity index (χ4v) is 6.93. The number of fused-ring (bicyclic) bond motifs is 4. The predicted molar refractivity (Wildman–Crippen MR) is 162 cm³/mol. The summed E-state index contributed by atoms with van der Waals surface area (Å²) in [5, 5.41) is 15.7. The largest absolute Gasteiger partial charge is 0.467 e. The first-order valence-electron chi connectivity index (χ1n) is 15.1. The molecule has 8 nitrogen and oxygen atoms in total. The topological polar surface area (TPSA) is 77.0 Å². The van der Waals surface area contributed by atoms with Crippen LogP contribution in [0.3, 0.4) is 0 Å². The van der Waals surface area contributed by atoms with E-state index >= 15 is 0 Å². The first-order valence-corrected chi connectivity index (χ1v) is 15.1. The summed E-state index contributed by atoms with van der Waals surface area (Å²) in [6, 6.07) is 14.6. The lowest BCUT2D eigenvalue weighted by atomic mass is 9.97. The number of aryl methyl sites for hydroxylation is 1. The van der Waals surface area contributed by atoms with E-state index in [4.69, 9.17) is 14.7 Å². The lowest BCUT2D eigenvalue weighted by molar-refractivity contribution is 0.289. The molecule has 1 aromatic heterocycles. The van der Waals surface area contributed by atoms with E-state index in [1.54, 1.807) is 7.11 Å². The number of nitrogens with zero attached hydrogens (tertiary/aromatic N) is 5. The van der Waals surface area contributed by atoms with Crippen LogP contribution < -0.4 is 19.9 Å². The van der Waals surface area contributed by atoms with Gasteiger partial charge in [0.2, 0.25) is 0 Å². The summed E-state index contributed by atoms with van der Waals surface area (Å²) in [7, 11) is 3.83. The molecule has 2 N–H and O–H groups in total. The Kier molecular flexibility index (Phi) is 8.37.